The van der Waals surface area contributed by atoms with Gasteiger partial charge in [0, 0.05) is 0 Å². The van der Waals surface area contributed by atoms with Gasteiger partial charge in [0.05, 0.1) is 6.61 Å². The van der Waals surface area contributed by atoms with E-state index in [2.05, 4.69) is 5.32 Å². The topological polar surface area (TPSA) is 84.9 Å². The van der Waals surface area contributed by atoms with E-state index in [4.69, 9.17) is 9.47 Å². The summed E-state index contributed by atoms with van der Waals surface area (Å²) in [5.41, 5.74) is -0.227. The van der Waals surface area contributed by atoms with Crippen LogP contribution in [-0.2, 0) is 14.3 Å². The quantitative estimate of drug-likeness (QED) is 0.800. The number of amides is 1. The summed E-state index contributed by atoms with van der Waals surface area (Å²) < 4.78 is 10.2. The van der Waals surface area contributed by atoms with Gasteiger partial charge in [0.1, 0.15) is 11.7 Å². The van der Waals surface area contributed by atoms with Crippen molar-refractivity contribution in [2.45, 2.75) is 45.4 Å². The number of benzene rings is 2. The summed E-state index contributed by atoms with van der Waals surface area (Å²) in [6, 6.07) is 11.7. The van der Waals surface area contributed by atoms with Crippen molar-refractivity contribution in [1.82, 2.24) is 5.32 Å². The molecular weight excluding hydrogens is 334 g/mol. The molecule has 0 aliphatic rings. The molecule has 1 amide bonds. The molecule has 140 valence electrons. The van der Waals surface area contributed by atoms with Crippen LogP contribution >= 0.6 is 0 Å². The normalized spacial score (nSPS) is 13.7. The predicted octanol–water partition coefficient (Wildman–Crippen LogP) is 3.33. The minimum atomic E-state index is -1.27. The molecule has 0 aliphatic carbocycles. The fraction of sp³-hybridized carbons (Fsp3) is 0.400. The number of rotatable bonds is 5. The Morgan fingerprint density at radius 2 is 1.77 bits per heavy atom. The Kier molecular flexibility index (Phi) is 6.21. The maximum atomic E-state index is 12.3. The average Bonchev–Trinajstić information content (AvgIpc) is 2.57. The highest BCUT2D eigenvalue weighted by Gasteiger charge is 2.32. The van der Waals surface area contributed by atoms with E-state index in [1.165, 1.54) is 0 Å². The van der Waals surface area contributed by atoms with Crippen LogP contribution in [0, 0.1) is 0 Å². The number of aliphatic hydroxyl groups excluding tert-OH is 1. The van der Waals surface area contributed by atoms with Crippen molar-refractivity contribution in [2.24, 2.45) is 0 Å². The molecule has 0 saturated carbocycles. The molecule has 0 bridgehead atoms. The maximum absolute atomic E-state index is 12.3. The van der Waals surface area contributed by atoms with Crippen molar-refractivity contribution >= 4 is 22.8 Å². The fourth-order valence-electron chi connectivity index (χ4n) is 2.52. The standard InChI is InChI=1S/C20H25NO5/c1-5-25-18(23)16(21-19(24)26-20(2,3)4)17(22)15-11-10-13-8-6-7-9-14(13)12-15/h6-12,16-17,22H,5H2,1-4H3,(H,21,24)/t16-,17-/m0/s1. The lowest BCUT2D eigenvalue weighted by molar-refractivity contribution is -0.148. The molecule has 0 spiro atoms. The predicted molar refractivity (Wildman–Crippen MR) is 98.7 cm³/mol. The van der Waals surface area contributed by atoms with Crippen molar-refractivity contribution in [3.63, 3.8) is 0 Å². The second kappa shape index (κ2) is 8.19. The molecule has 0 radical (unpaired) electrons. The molecule has 6 nitrogen and oxygen atoms in total. The third-order valence-corrected chi connectivity index (χ3v) is 3.64. The number of nitrogens with one attached hydrogen (secondary N) is 1. The molecule has 0 saturated heterocycles. The van der Waals surface area contributed by atoms with E-state index < -0.39 is 29.8 Å². The van der Waals surface area contributed by atoms with Gasteiger partial charge in [-0.3, -0.25) is 0 Å². The van der Waals surface area contributed by atoms with Gasteiger partial charge >= 0.3 is 12.1 Å². The van der Waals surface area contributed by atoms with Crippen molar-refractivity contribution in [3.05, 3.63) is 48.0 Å². The van der Waals surface area contributed by atoms with Gasteiger partial charge in [-0.2, -0.15) is 0 Å². The van der Waals surface area contributed by atoms with E-state index in [-0.39, 0.29) is 6.61 Å². The highest BCUT2D eigenvalue weighted by atomic mass is 16.6. The van der Waals surface area contributed by atoms with Gasteiger partial charge in [0.25, 0.3) is 0 Å². The van der Waals surface area contributed by atoms with E-state index >= 15 is 0 Å². The SMILES string of the molecule is CCOC(=O)[C@@H](NC(=O)OC(C)(C)C)[C@@H](O)c1ccc2ccccc2c1. The highest BCUT2D eigenvalue weighted by molar-refractivity contribution is 5.85. The second-order valence-corrected chi connectivity index (χ2v) is 6.93. The molecule has 2 aromatic carbocycles. The van der Waals surface area contributed by atoms with Crippen molar-refractivity contribution in [2.75, 3.05) is 6.61 Å². The van der Waals surface area contributed by atoms with Crippen LogP contribution in [0.5, 0.6) is 0 Å². The molecule has 0 aliphatic heterocycles. The van der Waals surface area contributed by atoms with Crippen LogP contribution in [0.25, 0.3) is 10.8 Å². The first-order valence-corrected chi connectivity index (χ1v) is 8.54. The van der Waals surface area contributed by atoms with Crippen LogP contribution < -0.4 is 5.32 Å². The lowest BCUT2D eigenvalue weighted by Crippen LogP contribution is -2.47. The number of hydrogen-bond acceptors (Lipinski definition) is 5. The van der Waals surface area contributed by atoms with Gasteiger partial charge in [0.15, 0.2) is 6.04 Å². The lowest BCUT2D eigenvalue weighted by Gasteiger charge is -2.25. The van der Waals surface area contributed by atoms with Crippen LogP contribution in [0.1, 0.15) is 39.4 Å². The Labute approximate surface area is 153 Å². The Morgan fingerprint density at radius 3 is 2.38 bits per heavy atom. The second-order valence-electron chi connectivity index (χ2n) is 6.93. The molecule has 6 heteroatoms. The third kappa shape index (κ3) is 5.20. The van der Waals surface area contributed by atoms with Crippen LogP contribution in [-0.4, -0.2) is 35.4 Å². The molecule has 0 unspecified atom stereocenters. The van der Waals surface area contributed by atoms with Crippen LogP contribution in [0.3, 0.4) is 0 Å². The first kappa shape index (κ1) is 19.7. The number of hydrogen-bond donors (Lipinski definition) is 2. The van der Waals surface area contributed by atoms with Gasteiger partial charge < -0.3 is 19.9 Å². The maximum Gasteiger partial charge on any atom is 0.408 e. The largest absolute Gasteiger partial charge is 0.464 e. The minimum absolute atomic E-state index is 0.135. The van der Waals surface area contributed by atoms with Crippen molar-refractivity contribution in [1.29, 1.82) is 0 Å². The van der Waals surface area contributed by atoms with E-state index in [0.717, 1.165) is 10.8 Å². The summed E-state index contributed by atoms with van der Waals surface area (Å²) in [6.45, 7) is 6.93. The Balaban J connectivity index is 2.27. The van der Waals surface area contributed by atoms with Gasteiger partial charge in [0.2, 0.25) is 0 Å². The molecule has 0 heterocycles. The smallest absolute Gasteiger partial charge is 0.408 e. The molecule has 2 aromatic rings. The highest BCUT2D eigenvalue weighted by Crippen LogP contribution is 2.23. The summed E-state index contributed by atoms with van der Waals surface area (Å²) in [4.78, 5) is 24.3. The number of aliphatic hydroxyl groups is 1. The Hall–Kier alpha value is -2.60. The van der Waals surface area contributed by atoms with Crippen molar-refractivity contribution in [3.8, 4) is 0 Å². The average molecular weight is 359 g/mol. The monoisotopic (exact) mass is 359 g/mol. The molecular formula is C20H25NO5. The van der Waals surface area contributed by atoms with Gasteiger partial charge in [-0.05, 0) is 50.1 Å². The first-order chi connectivity index (χ1) is 12.2. The zero-order valence-electron chi connectivity index (χ0n) is 15.5. The van der Waals surface area contributed by atoms with Gasteiger partial charge in [-0.25, -0.2) is 9.59 Å². The lowest BCUT2D eigenvalue weighted by atomic mass is 9.99. The summed E-state index contributed by atoms with van der Waals surface area (Å²) in [7, 11) is 0. The molecule has 26 heavy (non-hydrogen) atoms. The van der Waals surface area contributed by atoms with E-state index in [1.54, 1.807) is 39.8 Å². The Morgan fingerprint density at radius 1 is 1.12 bits per heavy atom. The van der Waals surface area contributed by atoms with Crippen LogP contribution in [0.4, 0.5) is 4.79 Å². The minimum Gasteiger partial charge on any atom is -0.464 e. The number of alkyl carbamates (subject to hydrolysis) is 1. The fourth-order valence-corrected chi connectivity index (χ4v) is 2.52. The van der Waals surface area contributed by atoms with E-state index in [9.17, 15) is 14.7 Å². The molecule has 2 rings (SSSR count). The summed E-state index contributed by atoms with van der Waals surface area (Å²) in [6.07, 6.45) is -2.07. The Bertz CT molecular complexity index is 781. The zero-order valence-corrected chi connectivity index (χ0v) is 15.5. The zero-order chi connectivity index (χ0) is 19.3. The summed E-state index contributed by atoms with van der Waals surface area (Å²) in [5.74, 6) is -0.723. The number of carbonyl (C=O) groups excluding carboxylic acids is 2. The van der Waals surface area contributed by atoms with E-state index in [1.807, 2.05) is 30.3 Å². The number of ether oxygens (including phenoxy) is 2. The van der Waals surface area contributed by atoms with E-state index in [0.29, 0.717) is 5.56 Å². The summed E-state index contributed by atoms with van der Waals surface area (Å²) in [5, 5.41) is 15.1. The number of fused-ring (bicyclic) bond motifs is 1. The van der Waals surface area contributed by atoms with Gasteiger partial charge in [-0.1, -0.05) is 36.4 Å². The number of esters is 1. The van der Waals surface area contributed by atoms with Crippen LogP contribution in [0.15, 0.2) is 42.5 Å². The first-order valence-electron chi connectivity index (χ1n) is 8.54. The molecule has 2 atom stereocenters. The van der Waals surface area contributed by atoms with Crippen molar-refractivity contribution < 1.29 is 24.2 Å². The molecule has 0 aromatic heterocycles. The summed E-state index contributed by atoms with van der Waals surface area (Å²) >= 11 is 0. The molecule has 0 fully saturated rings. The number of carbonyl (C=O) groups is 2. The third-order valence-electron chi connectivity index (χ3n) is 3.64. The van der Waals surface area contributed by atoms with Gasteiger partial charge in [-0.15, -0.1) is 0 Å². The van der Waals surface area contributed by atoms with Crippen LogP contribution in [0.2, 0.25) is 0 Å². The molecule has 2 N–H and O–H groups in total.